The maximum atomic E-state index is 12.8. The molecule has 1 aliphatic rings. The van der Waals surface area contributed by atoms with Crippen LogP contribution in [0.4, 0.5) is 0 Å². The molecular formula is C21H31NO4. The van der Waals surface area contributed by atoms with Gasteiger partial charge in [-0.25, -0.2) is 0 Å². The fourth-order valence-electron chi connectivity index (χ4n) is 3.21. The largest absolute Gasteiger partial charge is 0.481 e. The third-order valence-corrected chi connectivity index (χ3v) is 4.99. The molecule has 0 saturated carbocycles. The summed E-state index contributed by atoms with van der Waals surface area (Å²) in [6.45, 7) is 9.59. The minimum absolute atomic E-state index is 0.00397. The molecule has 144 valence electrons. The van der Waals surface area contributed by atoms with Crippen molar-refractivity contribution in [2.75, 3.05) is 20.2 Å². The summed E-state index contributed by atoms with van der Waals surface area (Å²) in [5.74, 6) is 0.424. The second-order valence-corrected chi connectivity index (χ2v) is 7.91. The number of piperidine rings is 1. The molecule has 1 amide bonds. The van der Waals surface area contributed by atoms with Gasteiger partial charge in [0.25, 0.3) is 5.91 Å². The molecule has 1 aliphatic heterocycles. The third kappa shape index (κ3) is 4.99. The van der Waals surface area contributed by atoms with E-state index < -0.39 is 6.10 Å². The summed E-state index contributed by atoms with van der Waals surface area (Å²) in [6, 6.07) is 7.96. The first-order valence-electron chi connectivity index (χ1n) is 9.40. The Morgan fingerprint density at radius 2 is 1.73 bits per heavy atom. The highest BCUT2D eigenvalue weighted by atomic mass is 16.5. The molecule has 0 radical (unpaired) electrons. The maximum absolute atomic E-state index is 12.8. The van der Waals surface area contributed by atoms with Gasteiger partial charge in [0, 0.05) is 13.1 Å². The summed E-state index contributed by atoms with van der Waals surface area (Å²) in [6.07, 6.45) is 1.41. The molecule has 0 spiro atoms. The lowest BCUT2D eigenvalue weighted by Gasteiger charge is -2.33. The number of hydrogen-bond donors (Lipinski definition) is 0. The quantitative estimate of drug-likeness (QED) is 0.753. The predicted octanol–water partition coefficient (Wildman–Crippen LogP) is 3.55. The van der Waals surface area contributed by atoms with Gasteiger partial charge in [0.2, 0.25) is 0 Å². The second-order valence-electron chi connectivity index (χ2n) is 7.91. The number of amides is 1. The predicted molar refractivity (Wildman–Crippen MR) is 101 cm³/mol. The van der Waals surface area contributed by atoms with E-state index in [0.29, 0.717) is 38.1 Å². The van der Waals surface area contributed by atoms with Crippen LogP contribution in [0.1, 0.15) is 52.5 Å². The smallest absolute Gasteiger partial charge is 0.308 e. The van der Waals surface area contributed by atoms with Crippen LogP contribution in [0.5, 0.6) is 5.75 Å². The molecule has 0 aliphatic carbocycles. The van der Waals surface area contributed by atoms with Crippen LogP contribution in [0.2, 0.25) is 0 Å². The molecule has 0 bridgehead atoms. The molecule has 0 aromatic heterocycles. The van der Waals surface area contributed by atoms with Crippen molar-refractivity contribution in [3.05, 3.63) is 29.8 Å². The Kier molecular flexibility index (Phi) is 6.68. The van der Waals surface area contributed by atoms with Gasteiger partial charge in [-0.1, -0.05) is 39.8 Å². The van der Waals surface area contributed by atoms with Crippen molar-refractivity contribution in [3.8, 4) is 5.75 Å². The number of ether oxygens (including phenoxy) is 2. The average molecular weight is 361 g/mol. The Hall–Kier alpha value is -2.04. The molecule has 5 nitrogen and oxygen atoms in total. The number of benzene rings is 1. The number of rotatable bonds is 5. The molecular weight excluding hydrogens is 330 g/mol. The summed E-state index contributed by atoms with van der Waals surface area (Å²) in [4.78, 5) is 26.2. The Morgan fingerprint density at radius 1 is 1.15 bits per heavy atom. The zero-order valence-corrected chi connectivity index (χ0v) is 16.6. The van der Waals surface area contributed by atoms with Crippen molar-refractivity contribution in [2.24, 2.45) is 5.92 Å². The van der Waals surface area contributed by atoms with Crippen LogP contribution in [-0.2, 0) is 19.7 Å². The lowest BCUT2D eigenvalue weighted by Crippen LogP contribution is -2.46. The van der Waals surface area contributed by atoms with Gasteiger partial charge in [-0.2, -0.15) is 0 Å². The standard InChI is InChI=1S/C21H31NO4/c1-6-18(26-17-9-7-16(8-10-17)21(2,3)4)19(23)22-13-11-15(12-14-22)20(24)25-5/h7-10,15,18H,6,11-14H2,1-5H3/t18-/m1/s1. The molecule has 0 unspecified atom stereocenters. The van der Waals surface area contributed by atoms with E-state index in [-0.39, 0.29) is 23.2 Å². The van der Waals surface area contributed by atoms with E-state index in [1.165, 1.54) is 12.7 Å². The average Bonchev–Trinajstić information content (AvgIpc) is 2.64. The summed E-state index contributed by atoms with van der Waals surface area (Å²) < 4.78 is 10.8. The molecule has 1 aromatic carbocycles. The Bertz CT molecular complexity index is 610. The maximum Gasteiger partial charge on any atom is 0.308 e. The molecule has 5 heteroatoms. The fraction of sp³-hybridized carbons (Fsp3) is 0.619. The normalized spacial score (nSPS) is 16.9. The monoisotopic (exact) mass is 361 g/mol. The van der Waals surface area contributed by atoms with Crippen LogP contribution in [-0.4, -0.2) is 43.1 Å². The van der Waals surface area contributed by atoms with E-state index in [0.717, 1.165) is 0 Å². The van der Waals surface area contributed by atoms with Gasteiger partial charge in [0.1, 0.15) is 5.75 Å². The van der Waals surface area contributed by atoms with Gasteiger partial charge >= 0.3 is 5.97 Å². The fourth-order valence-corrected chi connectivity index (χ4v) is 3.21. The van der Waals surface area contributed by atoms with Crippen LogP contribution in [0, 0.1) is 5.92 Å². The summed E-state index contributed by atoms with van der Waals surface area (Å²) in [5, 5.41) is 0. The first-order valence-corrected chi connectivity index (χ1v) is 9.40. The number of methoxy groups -OCH3 is 1. The van der Waals surface area contributed by atoms with Crippen molar-refractivity contribution in [2.45, 2.75) is 58.5 Å². The highest BCUT2D eigenvalue weighted by molar-refractivity contribution is 5.81. The zero-order valence-electron chi connectivity index (χ0n) is 16.6. The molecule has 0 N–H and O–H groups in total. The van der Waals surface area contributed by atoms with Crippen LogP contribution in [0.15, 0.2) is 24.3 Å². The first kappa shape index (κ1) is 20.3. The van der Waals surface area contributed by atoms with Gasteiger partial charge in [0.15, 0.2) is 6.10 Å². The number of carbonyl (C=O) groups excluding carboxylic acids is 2. The number of likely N-dealkylation sites (tertiary alicyclic amines) is 1. The van der Waals surface area contributed by atoms with Gasteiger partial charge in [-0.3, -0.25) is 9.59 Å². The Balaban J connectivity index is 1.96. The van der Waals surface area contributed by atoms with Crippen molar-refractivity contribution in [3.63, 3.8) is 0 Å². The SMILES string of the molecule is CC[C@@H](Oc1ccc(C(C)(C)C)cc1)C(=O)N1CCC(C(=O)OC)CC1. The van der Waals surface area contributed by atoms with Crippen LogP contribution >= 0.6 is 0 Å². The van der Waals surface area contributed by atoms with Crippen molar-refractivity contribution in [1.29, 1.82) is 0 Å². The minimum atomic E-state index is -0.495. The van der Waals surface area contributed by atoms with Crippen molar-refractivity contribution >= 4 is 11.9 Å². The summed E-state index contributed by atoms with van der Waals surface area (Å²) in [5.41, 5.74) is 1.32. The van der Waals surface area contributed by atoms with Crippen LogP contribution < -0.4 is 4.74 Å². The molecule has 2 rings (SSSR count). The van der Waals surface area contributed by atoms with E-state index in [4.69, 9.17) is 9.47 Å². The van der Waals surface area contributed by atoms with E-state index in [2.05, 4.69) is 20.8 Å². The summed E-state index contributed by atoms with van der Waals surface area (Å²) in [7, 11) is 1.41. The van der Waals surface area contributed by atoms with E-state index >= 15 is 0 Å². The second kappa shape index (κ2) is 8.56. The molecule has 1 atom stereocenters. The van der Waals surface area contributed by atoms with E-state index in [1.54, 1.807) is 4.90 Å². The van der Waals surface area contributed by atoms with Gasteiger partial charge in [-0.15, -0.1) is 0 Å². The lowest BCUT2D eigenvalue weighted by atomic mass is 9.87. The number of hydrogen-bond acceptors (Lipinski definition) is 4. The molecule has 1 fully saturated rings. The van der Waals surface area contributed by atoms with Crippen molar-refractivity contribution < 1.29 is 19.1 Å². The third-order valence-electron chi connectivity index (χ3n) is 4.99. The van der Waals surface area contributed by atoms with Gasteiger partial charge in [-0.05, 0) is 42.4 Å². The number of esters is 1. The van der Waals surface area contributed by atoms with Crippen LogP contribution in [0.25, 0.3) is 0 Å². The number of nitrogens with zero attached hydrogens (tertiary/aromatic N) is 1. The Labute approximate surface area is 156 Å². The molecule has 1 aromatic rings. The first-order chi connectivity index (χ1) is 12.3. The van der Waals surface area contributed by atoms with Gasteiger partial charge in [0.05, 0.1) is 13.0 Å². The van der Waals surface area contributed by atoms with E-state index in [9.17, 15) is 9.59 Å². The zero-order chi connectivity index (χ0) is 19.3. The highest BCUT2D eigenvalue weighted by Crippen LogP contribution is 2.25. The number of carbonyl (C=O) groups is 2. The molecule has 1 saturated heterocycles. The summed E-state index contributed by atoms with van der Waals surface area (Å²) >= 11 is 0. The van der Waals surface area contributed by atoms with E-state index in [1.807, 2.05) is 31.2 Å². The minimum Gasteiger partial charge on any atom is -0.481 e. The Morgan fingerprint density at radius 3 is 2.19 bits per heavy atom. The van der Waals surface area contributed by atoms with Gasteiger partial charge < -0.3 is 14.4 Å². The highest BCUT2D eigenvalue weighted by Gasteiger charge is 2.31. The van der Waals surface area contributed by atoms with Crippen molar-refractivity contribution in [1.82, 2.24) is 4.90 Å². The molecule has 1 heterocycles. The lowest BCUT2D eigenvalue weighted by molar-refractivity contribution is -0.150. The molecule has 26 heavy (non-hydrogen) atoms. The van der Waals surface area contributed by atoms with Crippen LogP contribution in [0.3, 0.4) is 0 Å². The topological polar surface area (TPSA) is 55.8 Å².